The maximum atomic E-state index is 11.7. The first-order chi connectivity index (χ1) is 6.16. The molecule has 0 fully saturated rings. The van der Waals surface area contributed by atoms with E-state index < -0.39 is 0 Å². The lowest BCUT2D eigenvalue weighted by Gasteiger charge is -2.15. The Morgan fingerprint density at radius 1 is 1.69 bits per heavy atom. The van der Waals surface area contributed by atoms with Gasteiger partial charge < -0.3 is 10.7 Å². The number of aromatic amines is 1. The van der Waals surface area contributed by atoms with Gasteiger partial charge in [-0.15, -0.1) is 0 Å². The summed E-state index contributed by atoms with van der Waals surface area (Å²) < 4.78 is 0. The second-order valence-electron chi connectivity index (χ2n) is 3.38. The summed E-state index contributed by atoms with van der Waals surface area (Å²) in [6.07, 6.45) is 4.35. The molecule has 3 heteroatoms. The van der Waals surface area contributed by atoms with E-state index in [0.29, 0.717) is 5.56 Å². The molecule has 0 saturated carbocycles. The first-order valence-corrected chi connectivity index (χ1v) is 4.59. The molecule has 0 aliphatic carbocycles. The van der Waals surface area contributed by atoms with Crippen molar-refractivity contribution in [2.75, 3.05) is 0 Å². The summed E-state index contributed by atoms with van der Waals surface area (Å²) in [6, 6.07) is 1.38. The number of rotatable bonds is 4. The number of hydrogen-bond donors (Lipinski definition) is 2. The molecule has 1 rings (SSSR count). The number of hydrogen-bond acceptors (Lipinski definition) is 2. The van der Waals surface area contributed by atoms with Gasteiger partial charge in [-0.1, -0.05) is 20.3 Å². The molecule has 0 unspecified atom stereocenters. The van der Waals surface area contributed by atoms with Crippen LogP contribution in [0.25, 0.3) is 0 Å². The van der Waals surface area contributed by atoms with Gasteiger partial charge in [0.15, 0.2) is 5.78 Å². The van der Waals surface area contributed by atoms with Crippen molar-refractivity contribution >= 4 is 5.78 Å². The van der Waals surface area contributed by atoms with E-state index in [4.69, 9.17) is 5.73 Å². The lowest BCUT2D eigenvalue weighted by Crippen LogP contribution is -2.36. The van der Waals surface area contributed by atoms with Gasteiger partial charge in [-0.3, -0.25) is 4.79 Å². The fraction of sp³-hybridized carbons (Fsp3) is 0.500. The Hall–Kier alpha value is -1.09. The van der Waals surface area contributed by atoms with Crippen molar-refractivity contribution in [1.82, 2.24) is 4.98 Å². The third kappa shape index (κ3) is 2.18. The second kappa shape index (κ2) is 4.23. The normalized spacial score (nSPS) is 15.3. The lowest BCUT2D eigenvalue weighted by atomic mass is 9.94. The van der Waals surface area contributed by atoms with E-state index in [1.54, 1.807) is 18.5 Å². The van der Waals surface area contributed by atoms with Gasteiger partial charge in [0.25, 0.3) is 0 Å². The van der Waals surface area contributed by atoms with Gasteiger partial charge in [0.2, 0.25) is 0 Å². The van der Waals surface area contributed by atoms with Gasteiger partial charge in [-0.05, 0) is 12.0 Å². The molecule has 3 nitrogen and oxygen atoms in total. The van der Waals surface area contributed by atoms with E-state index >= 15 is 0 Å². The zero-order valence-corrected chi connectivity index (χ0v) is 8.08. The Balaban J connectivity index is 2.68. The second-order valence-corrected chi connectivity index (χ2v) is 3.38. The van der Waals surface area contributed by atoms with Crippen LogP contribution in [0.4, 0.5) is 0 Å². The molecule has 3 N–H and O–H groups in total. The highest BCUT2D eigenvalue weighted by Gasteiger charge is 2.20. The van der Waals surface area contributed by atoms with Crippen LogP contribution < -0.4 is 5.73 Å². The molecular formula is C10H16N2O. The molecule has 2 atom stereocenters. The average Bonchev–Trinajstić information content (AvgIpc) is 2.67. The number of nitrogens with one attached hydrogen (secondary N) is 1. The van der Waals surface area contributed by atoms with Crippen molar-refractivity contribution in [3.05, 3.63) is 24.0 Å². The highest BCUT2D eigenvalue weighted by atomic mass is 16.1. The molecule has 72 valence electrons. The highest BCUT2D eigenvalue weighted by Crippen LogP contribution is 2.11. The Morgan fingerprint density at radius 2 is 2.38 bits per heavy atom. The smallest absolute Gasteiger partial charge is 0.181 e. The molecular weight excluding hydrogens is 164 g/mol. The predicted octanol–water partition coefficient (Wildman–Crippen LogP) is 1.57. The Bertz CT molecular complexity index is 266. The van der Waals surface area contributed by atoms with E-state index in [0.717, 1.165) is 6.42 Å². The Labute approximate surface area is 78.3 Å². The van der Waals surface area contributed by atoms with Gasteiger partial charge >= 0.3 is 0 Å². The molecule has 0 radical (unpaired) electrons. The SMILES string of the molecule is CC[C@H](C)[C@H](N)C(=O)c1cc[nH]c1. The number of carbonyl (C=O) groups is 1. The minimum Gasteiger partial charge on any atom is -0.367 e. The molecule has 0 aromatic carbocycles. The van der Waals surface area contributed by atoms with Crippen molar-refractivity contribution in [3.63, 3.8) is 0 Å². The van der Waals surface area contributed by atoms with Crippen molar-refractivity contribution < 1.29 is 4.79 Å². The molecule has 1 aromatic rings. The summed E-state index contributed by atoms with van der Waals surface area (Å²) >= 11 is 0. The molecule has 1 aromatic heterocycles. The summed E-state index contributed by atoms with van der Waals surface area (Å²) in [5, 5.41) is 0. The monoisotopic (exact) mass is 180 g/mol. The van der Waals surface area contributed by atoms with E-state index in [9.17, 15) is 4.79 Å². The molecule has 13 heavy (non-hydrogen) atoms. The highest BCUT2D eigenvalue weighted by molar-refractivity contribution is 5.99. The van der Waals surface area contributed by atoms with Crippen LogP contribution in [-0.2, 0) is 0 Å². The van der Waals surface area contributed by atoms with Crippen molar-refractivity contribution in [3.8, 4) is 0 Å². The summed E-state index contributed by atoms with van der Waals surface area (Å²) in [5.41, 5.74) is 6.47. The van der Waals surface area contributed by atoms with Gasteiger partial charge in [0, 0.05) is 18.0 Å². The first kappa shape index (κ1) is 9.99. The van der Waals surface area contributed by atoms with Crippen molar-refractivity contribution in [2.24, 2.45) is 11.7 Å². The maximum Gasteiger partial charge on any atom is 0.181 e. The molecule has 0 bridgehead atoms. The molecule has 0 aliphatic heterocycles. The third-order valence-electron chi connectivity index (χ3n) is 2.44. The summed E-state index contributed by atoms with van der Waals surface area (Å²) in [4.78, 5) is 14.5. The minimum atomic E-state index is -0.374. The van der Waals surface area contributed by atoms with Gasteiger partial charge in [0.05, 0.1) is 6.04 Å². The number of aromatic nitrogens is 1. The average molecular weight is 180 g/mol. The Morgan fingerprint density at radius 3 is 2.85 bits per heavy atom. The summed E-state index contributed by atoms with van der Waals surface area (Å²) in [5.74, 6) is 0.262. The van der Waals surface area contributed by atoms with Crippen LogP contribution in [0.2, 0.25) is 0 Å². The van der Waals surface area contributed by atoms with Crippen LogP contribution in [0.5, 0.6) is 0 Å². The molecule has 0 amide bonds. The molecule has 0 aliphatic rings. The van der Waals surface area contributed by atoms with E-state index in [-0.39, 0.29) is 17.7 Å². The zero-order chi connectivity index (χ0) is 9.84. The molecule has 1 heterocycles. The minimum absolute atomic E-state index is 0.0237. The lowest BCUT2D eigenvalue weighted by molar-refractivity contribution is 0.0935. The zero-order valence-electron chi connectivity index (χ0n) is 8.08. The number of ketones is 1. The number of carbonyl (C=O) groups excluding carboxylic acids is 1. The predicted molar refractivity (Wildman–Crippen MR) is 52.6 cm³/mol. The number of Topliss-reactive ketones (excluding diaryl/α,β-unsaturated/α-hetero) is 1. The largest absolute Gasteiger partial charge is 0.367 e. The van der Waals surface area contributed by atoms with Crippen LogP contribution in [0.1, 0.15) is 30.6 Å². The van der Waals surface area contributed by atoms with E-state index in [1.807, 2.05) is 13.8 Å². The summed E-state index contributed by atoms with van der Waals surface area (Å²) in [7, 11) is 0. The van der Waals surface area contributed by atoms with Gasteiger partial charge in [-0.2, -0.15) is 0 Å². The first-order valence-electron chi connectivity index (χ1n) is 4.59. The third-order valence-corrected chi connectivity index (χ3v) is 2.44. The van der Waals surface area contributed by atoms with E-state index in [2.05, 4.69) is 4.98 Å². The van der Waals surface area contributed by atoms with Crippen molar-refractivity contribution in [1.29, 1.82) is 0 Å². The quantitative estimate of drug-likeness (QED) is 0.691. The van der Waals surface area contributed by atoms with Crippen LogP contribution >= 0.6 is 0 Å². The maximum absolute atomic E-state index is 11.7. The van der Waals surface area contributed by atoms with Gasteiger partial charge in [-0.25, -0.2) is 0 Å². The van der Waals surface area contributed by atoms with Crippen LogP contribution in [0.15, 0.2) is 18.5 Å². The summed E-state index contributed by atoms with van der Waals surface area (Å²) in [6.45, 7) is 4.03. The fourth-order valence-corrected chi connectivity index (χ4v) is 1.18. The van der Waals surface area contributed by atoms with Crippen LogP contribution in [-0.4, -0.2) is 16.8 Å². The molecule has 0 spiro atoms. The fourth-order valence-electron chi connectivity index (χ4n) is 1.18. The van der Waals surface area contributed by atoms with E-state index in [1.165, 1.54) is 0 Å². The molecule has 0 saturated heterocycles. The number of H-pyrrole nitrogens is 1. The topological polar surface area (TPSA) is 58.9 Å². The van der Waals surface area contributed by atoms with Crippen molar-refractivity contribution in [2.45, 2.75) is 26.3 Å². The van der Waals surface area contributed by atoms with Gasteiger partial charge in [0.1, 0.15) is 0 Å². The number of nitrogens with two attached hydrogens (primary N) is 1. The van der Waals surface area contributed by atoms with Crippen LogP contribution in [0, 0.1) is 5.92 Å². The standard InChI is InChI=1S/C10H16N2O/c1-3-7(2)9(11)10(13)8-4-5-12-6-8/h4-7,9,12H,3,11H2,1-2H3/t7-,9-/m0/s1. The Kier molecular flexibility index (Phi) is 3.25. The van der Waals surface area contributed by atoms with Crippen LogP contribution in [0.3, 0.4) is 0 Å².